The maximum Gasteiger partial charge on any atom is 0.285 e. The molecule has 0 aliphatic heterocycles. The normalized spacial score (nSPS) is 11.4. The Bertz CT molecular complexity index is 1130. The summed E-state index contributed by atoms with van der Waals surface area (Å²) in [4.78, 5) is 29.1. The fourth-order valence-corrected chi connectivity index (χ4v) is 4.46. The number of aromatic nitrogens is 1. The molecule has 0 unspecified atom stereocenters. The largest absolute Gasteiger partial charge is 0.508 e. The van der Waals surface area contributed by atoms with Crippen molar-refractivity contribution in [3.8, 4) is 5.75 Å². The first kappa shape index (κ1) is 22.2. The number of phenolic OH excluding ortho intramolecular Hbond substituents is 1. The summed E-state index contributed by atoms with van der Waals surface area (Å²) in [6.07, 6.45) is 1.58. The van der Waals surface area contributed by atoms with Crippen LogP contribution < -0.4 is 4.90 Å². The zero-order valence-corrected chi connectivity index (χ0v) is 18.6. The van der Waals surface area contributed by atoms with Gasteiger partial charge in [0.05, 0.1) is 32.3 Å². The van der Waals surface area contributed by atoms with Crippen molar-refractivity contribution in [3.05, 3.63) is 72.8 Å². The molecule has 0 spiro atoms. The summed E-state index contributed by atoms with van der Waals surface area (Å²) in [6, 6.07) is 6.31. The molecule has 0 amide bonds. The van der Waals surface area contributed by atoms with E-state index < -0.39 is 15.3 Å². The fraction of sp³-hybridized carbons (Fsp3) is 0.286. The lowest BCUT2D eigenvalue weighted by atomic mass is 9.81. The molecule has 1 aromatic heterocycles. The van der Waals surface area contributed by atoms with Crippen LogP contribution in [-0.2, 0) is 5.41 Å². The molecule has 2 aromatic carbocycles. The zero-order valence-electron chi connectivity index (χ0n) is 17.7. The second-order valence-electron chi connectivity index (χ2n) is 8.10. The Labute approximate surface area is 182 Å². The quantitative estimate of drug-likeness (QED) is 0.377. The van der Waals surface area contributed by atoms with Crippen LogP contribution in [0.3, 0.4) is 0 Å². The number of hydrogen-bond donors (Lipinski definition) is 1. The van der Waals surface area contributed by atoms with Crippen LogP contribution in [0.1, 0.15) is 37.5 Å². The Morgan fingerprint density at radius 2 is 1.65 bits per heavy atom. The van der Waals surface area contributed by atoms with Crippen LogP contribution in [0.5, 0.6) is 5.75 Å². The average molecular weight is 442 g/mol. The van der Waals surface area contributed by atoms with Crippen LogP contribution in [0.15, 0.2) is 35.8 Å². The lowest BCUT2D eigenvalue weighted by Gasteiger charge is -2.28. The van der Waals surface area contributed by atoms with Gasteiger partial charge in [-0.3, -0.25) is 25.1 Å². The molecule has 31 heavy (non-hydrogen) atoms. The summed E-state index contributed by atoms with van der Waals surface area (Å²) in [6.45, 7) is 8.32. The summed E-state index contributed by atoms with van der Waals surface area (Å²) in [5, 5.41) is 36.5. The molecule has 0 saturated carbocycles. The first-order valence-corrected chi connectivity index (χ1v) is 10.3. The Kier molecular flexibility index (Phi) is 5.68. The highest BCUT2D eigenvalue weighted by Crippen LogP contribution is 2.50. The molecule has 9 nitrogen and oxygen atoms in total. The van der Waals surface area contributed by atoms with Crippen LogP contribution >= 0.6 is 11.3 Å². The van der Waals surface area contributed by atoms with E-state index in [2.05, 4.69) is 4.98 Å². The third-order valence-electron chi connectivity index (χ3n) is 4.93. The summed E-state index contributed by atoms with van der Waals surface area (Å²) in [5.74, 6) is -0.00956. The molecule has 3 rings (SSSR count). The van der Waals surface area contributed by atoms with E-state index in [4.69, 9.17) is 0 Å². The number of benzene rings is 2. The summed E-state index contributed by atoms with van der Waals surface area (Å²) in [5.41, 5.74) is 0.0168. The topological polar surface area (TPSA) is 123 Å². The van der Waals surface area contributed by atoms with Gasteiger partial charge >= 0.3 is 0 Å². The Balaban J connectivity index is 2.52. The first-order valence-electron chi connectivity index (χ1n) is 9.40. The van der Waals surface area contributed by atoms with Crippen molar-refractivity contribution < 1.29 is 15.0 Å². The molecule has 1 N–H and O–H groups in total. The van der Waals surface area contributed by atoms with E-state index in [1.807, 2.05) is 0 Å². The molecule has 10 heteroatoms. The number of anilines is 3. The van der Waals surface area contributed by atoms with E-state index in [0.717, 1.165) is 0 Å². The molecule has 0 radical (unpaired) electrons. The van der Waals surface area contributed by atoms with Crippen molar-refractivity contribution in [2.45, 2.75) is 40.0 Å². The monoisotopic (exact) mass is 442 g/mol. The smallest absolute Gasteiger partial charge is 0.285 e. The Morgan fingerprint density at radius 1 is 1.06 bits per heavy atom. The molecule has 162 valence electrons. The molecule has 0 saturated heterocycles. The molecule has 0 aliphatic rings. The third kappa shape index (κ3) is 3.93. The minimum absolute atomic E-state index is 0.00956. The van der Waals surface area contributed by atoms with Crippen molar-refractivity contribution in [2.24, 2.45) is 0 Å². The third-order valence-corrected chi connectivity index (χ3v) is 5.69. The molecule has 0 bridgehead atoms. The van der Waals surface area contributed by atoms with Gasteiger partial charge < -0.3 is 5.11 Å². The van der Waals surface area contributed by atoms with E-state index in [1.165, 1.54) is 23.5 Å². The molecular formula is C21H22N4O5S. The van der Waals surface area contributed by atoms with Gasteiger partial charge in [0.25, 0.3) is 11.4 Å². The second kappa shape index (κ2) is 7.95. The highest BCUT2D eigenvalue weighted by atomic mass is 32.1. The van der Waals surface area contributed by atoms with E-state index in [9.17, 15) is 25.3 Å². The van der Waals surface area contributed by atoms with Gasteiger partial charge in [-0.15, -0.1) is 11.3 Å². The van der Waals surface area contributed by atoms with Crippen molar-refractivity contribution in [1.29, 1.82) is 0 Å². The first-order chi connectivity index (χ1) is 14.4. The lowest BCUT2D eigenvalue weighted by molar-refractivity contribution is -0.396. The van der Waals surface area contributed by atoms with Gasteiger partial charge in [-0.2, -0.15) is 0 Å². The average Bonchev–Trinajstić information content (AvgIpc) is 3.17. The van der Waals surface area contributed by atoms with Gasteiger partial charge in [0, 0.05) is 23.1 Å². The molecule has 0 fully saturated rings. The Morgan fingerprint density at radius 3 is 2.06 bits per heavy atom. The van der Waals surface area contributed by atoms with Crippen molar-refractivity contribution >= 4 is 39.2 Å². The number of hydrogen-bond acceptors (Lipinski definition) is 8. The van der Waals surface area contributed by atoms with E-state index >= 15 is 0 Å². The standard InChI is InChI=1S/C21H22N4O5S/c1-12-17(23(20-22-9-10-31-20)14-7-6-8-15(26)11-14)13(2)19(25(29)30)16(21(3,4)5)18(12)24(27)28/h6-11,26H,1-5H3. The summed E-state index contributed by atoms with van der Waals surface area (Å²) < 4.78 is 0. The minimum atomic E-state index is -0.837. The molecule has 3 aromatic rings. The molecule has 0 aliphatic carbocycles. The molecular weight excluding hydrogens is 420 g/mol. The second-order valence-corrected chi connectivity index (χ2v) is 8.98. The minimum Gasteiger partial charge on any atom is -0.508 e. The van der Waals surface area contributed by atoms with Crippen LogP contribution in [0.25, 0.3) is 0 Å². The highest BCUT2D eigenvalue weighted by Gasteiger charge is 2.41. The predicted molar refractivity (Wildman–Crippen MR) is 120 cm³/mol. The maximum absolute atomic E-state index is 12.1. The number of thiazole rings is 1. The van der Waals surface area contributed by atoms with Gasteiger partial charge in [-0.25, -0.2) is 4.98 Å². The predicted octanol–water partition coefficient (Wildman–Crippen LogP) is 6.05. The van der Waals surface area contributed by atoms with Gasteiger partial charge in [0.2, 0.25) is 0 Å². The van der Waals surface area contributed by atoms with Crippen LogP contribution in [0, 0.1) is 34.1 Å². The number of aromatic hydroxyl groups is 1. The molecule has 0 atom stereocenters. The fourth-order valence-electron chi connectivity index (χ4n) is 3.79. The van der Waals surface area contributed by atoms with Crippen molar-refractivity contribution in [1.82, 2.24) is 4.98 Å². The van der Waals surface area contributed by atoms with Crippen LogP contribution in [0.4, 0.5) is 27.9 Å². The number of nitrogens with zero attached hydrogens (tertiary/aromatic N) is 4. The number of nitro groups is 2. The van der Waals surface area contributed by atoms with Crippen molar-refractivity contribution in [2.75, 3.05) is 4.90 Å². The van der Waals surface area contributed by atoms with E-state index in [1.54, 1.807) is 63.2 Å². The van der Waals surface area contributed by atoms with Gasteiger partial charge in [-0.1, -0.05) is 26.8 Å². The Hall–Kier alpha value is -3.53. The summed E-state index contributed by atoms with van der Waals surface area (Å²) >= 11 is 1.28. The number of nitro benzene ring substituents is 2. The van der Waals surface area contributed by atoms with Gasteiger partial charge in [-0.05, 0) is 26.0 Å². The summed E-state index contributed by atoms with van der Waals surface area (Å²) in [7, 11) is 0. The van der Waals surface area contributed by atoms with Crippen molar-refractivity contribution in [3.63, 3.8) is 0 Å². The van der Waals surface area contributed by atoms with Crippen LogP contribution in [-0.4, -0.2) is 19.9 Å². The van der Waals surface area contributed by atoms with E-state index in [-0.39, 0.29) is 33.8 Å². The van der Waals surface area contributed by atoms with E-state index in [0.29, 0.717) is 16.5 Å². The lowest BCUT2D eigenvalue weighted by Crippen LogP contribution is -2.21. The molecule has 1 heterocycles. The zero-order chi connectivity index (χ0) is 23.1. The highest BCUT2D eigenvalue weighted by molar-refractivity contribution is 7.13. The maximum atomic E-state index is 12.1. The SMILES string of the molecule is Cc1c(N(c2cccc(O)c2)c2nccs2)c(C)c([N+](=O)[O-])c(C(C)(C)C)c1[N+](=O)[O-]. The van der Waals surface area contributed by atoms with Gasteiger partial charge in [0.1, 0.15) is 11.3 Å². The number of phenols is 1. The van der Waals surface area contributed by atoms with Gasteiger partial charge in [0.15, 0.2) is 5.13 Å². The number of rotatable bonds is 5. The van der Waals surface area contributed by atoms with Crippen LogP contribution in [0.2, 0.25) is 0 Å².